The summed E-state index contributed by atoms with van der Waals surface area (Å²) in [4.78, 5) is 51.4. The Morgan fingerprint density at radius 2 is 1.76 bits per heavy atom. The number of aromatic nitrogens is 2. The third-order valence-electron chi connectivity index (χ3n) is 6.91. The number of ether oxygens (including phenoxy) is 1. The number of hydrogen-bond acceptors (Lipinski definition) is 7. The van der Waals surface area contributed by atoms with Gasteiger partial charge in [0.15, 0.2) is 5.13 Å². The van der Waals surface area contributed by atoms with Crippen LogP contribution >= 0.6 is 11.3 Å². The summed E-state index contributed by atoms with van der Waals surface area (Å²) in [6.07, 6.45) is 3.19. The minimum atomic E-state index is -0.820. The van der Waals surface area contributed by atoms with Gasteiger partial charge in [-0.1, -0.05) is 48.2 Å². The first kappa shape index (κ1) is 26.4. The standard InChI is InChI=1S/C31H25N5O4S/c37-28(34-31-32-12-17-41-31)27(23-4-2-1-3-5-23)36-20-24-10-8-21(18-25(24)29(36)38)6-7-22-9-11-26(33-19-22)30(39)35-13-15-40-16-14-35/h1-5,8-12,17-19,27H,13-16,20H2,(H,32,34,37). The molecule has 204 valence electrons. The number of nitrogens with one attached hydrogen (secondary N) is 1. The lowest BCUT2D eigenvalue weighted by atomic mass is 10.0. The van der Waals surface area contributed by atoms with Gasteiger partial charge < -0.3 is 14.5 Å². The molecule has 0 spiro atoms. The van der Waals surface area contributed by atoms with Crippen molar-refractivity contribution in [1.82, 2.24) is 19.8 Å². The van der Waals surface area contributed by atoms with Crippen molar-refractivity contribution in [3.63, 3.8) is 0 Å². The van der Waals surface area contributed by atoms with Crippen LogP contribution in [0, 0.1) is 11.8 Å². The SMILES string of the molecule is O=C(Nc1nccs1)C(c1ccccc1)N1Cc2ccc(C#Cc3ccc(C(=O)N4CCOCC4)nc3)cc2C1=O. The van der Waals surface area contributed by atoms with Gasteiger partial charge in [-0.25, -0.2) is 9.97 Å². The Balaban J connectivity index is 1.19. The maximum Gasteiger partial charge on any atom is 0.272 e. The third-order valence-corrected chi connectivity index (χ3v) is 7.60. The molecule has 0 saturated carbocycles. The number of morpholine rings is 1. The summed E-state index contributed by atoms with van der Waals surface area (Å²) < 4.78 is 5.30. The molecule has 1 N–H and O–H groups in total. The smallest absolute Gasteiger partial charge is 0.272 e. The van der Waals surface area contributed by atoms with E-state index in [0.29, 0.717) is 65.9 Å². The molecule has 1 fully saturated rings. The van der Waals surface area contributed by atoms with Crippen molar-refractivity contribution in [3.8, 4) is 11.8 Å². The van der Waals surface area contributed by atoms with Crippen molar-refractivity contribution in [3.05, 3.63) is 112 Å². The molecular formula is C31H25N5O4S. The Bertz CT molecular complexity index is 1640. The van der Waals surface area contributed by atoms with Gasteiger partial charge in [-0.3, -0.25) is 19.7 Å². The molecule has 2 aromatic heterocycles. The highest BCUT2D eigenvalue weighted by atomic mass is 32.1. The maximum atomic E-state index is 13.6. The zero-order valence-electron chi connectivity index (χ0n) is 21.9. The number of nitrogens with zero attached hydrogens (tertiary/aromatic N) is 4. The number of amides is 3. The second-order valence-electron chi connectivity index (χ2n) is 9.53. The Morgan fingerprint density at radius 1 is 0.976 bits per heavy atom. The molecule has 0 bridgehead atoms. The Morgan fingerprint density at radius 3 is 2.49 bits per heavy atom. The van der Waals surface area contributed by atoms with Gasteiger partial charge >= 0.3 is 0 Å². The van der Waals surface area contributed by atoms with E-state index in [4.69, 9.17) is 4.74 Å². The Kier molecular flexibility index (Phi) is 7.54. The van der Waals surface area contributed by atoms with Gasteiger partial charge in [0.2, 0.25) is 0 Å². The fourth-order valence-electron chi connectivity index (χ4n) is 4.84. The molecule has 6 rings (SSSR count). The fourth-order valence-corrected chi connectivity index (χ4v) is 5.38. The third kappa shape index (κ3) is 5.72. The average molecular weight is 564 g/mol. The molecule has 3 amide bonds. The van der Waals surface area contributed by atoms with Crippen molar-refractivity contribution in [2.24, 2.45) is 0 Å². The quantitative estimate of drug-likeness (QED) is 0.371. The molecular weight excluding hydrogens is 538 g/mol. The summed E-state index contributed by atoms with van der Waals surface area (Å²) in [6, 6.07) is 17.4. The van der Waals surface area contributed by atoms with Crippen LogP contribution in [0.5, 0.6) is 0 Å². The summed E-state index contributed by atoms with van der Waals surface area (Å²) >= 11 is 1.32. The van der Waals surface area contributed by atoms with Gasteiger partial charge in [-0.15, -0.1) is 11.3 Å². The van der Waals surface area contributed by atoms with E-state index in [0.717, 1.165) is 5.56 Å². The molecule has 0 aliphatic carbocycles. The highest BCUT2D eigenvalue weighted by Gasteiger charge is 2.37. The van der Waals surface area contributed by atoms with Gasteiger partial charge in [-0.2, -0.15) is 0 Å². The number of anilines is 1. The lowest BCUT2D eigenvalue weighted by molar-refractivity contribution is -0.120. The van der Waals surface area contributed by atoms with E-state index in [1.165, 1.54) is 11.3 Å². The first-order valence-electron chi connectivity index (χ1n) is 13.1. The van der Waals surface area contributed by atoms with E-state index >= 15 is 0 Å². The lowest BCUT2D eigenvalue weighted by Crippen LogP contribution is -2.41. The van der Waals surface area contributed by atoms with Crippen molar-refractivity contribution in [2.45, 2.75) is 12.6 Å². The largest absolute Gasteiger partial charge is 0.378 e. The van der Waals surface area contributed by atoms with Crippen molar-refractivity contribution < 1.29 is 19.1 Å². The molecule has 9 nitrogen and oxygen atoms in total. The zero-order chi connectivity index (χ0) is 28.2. The molecule has 1 unspecified atom stereocenters. The van der Waals surface area contributed by atoms with E-state index in [1.54, 1.807) is 45.8 Å². The average Bonchev–Trinajstić information content (AvgIpc) is 3.64. The van der Waals surface area contributed by atoms with Crippen LogP contribution in [-0.2, 0) is 16.1 Å². The minimum Gasteiger partial charge on any atom is -0.378 e. The second-order valence-corrected chi connectivity index (χ2v) is 10.4. The van der Waals surface area contributed by atoms with Crippen LogP contribution in [0.25, 0.3) is 0 Å². The first-order chi connectivity index (χ1) is 20.1. The molecule has 4 heterocycles. The lowest BCUT2D eigenvalue weighted by Gasteiger charge is -2.27. The van der Waals surface area contributed by atoms with Crippen molar-refractivity contribution in [2.75, 3.05) is 31.6 Å². The number of pyridine rings is 1. The number of benzene rings is 2. The minimum absolute atomic E-state index is 0.122. The van der Waals surface area contributed by atoms with Crippen molar-refractivity contribution >= 4 is 34.2 Å². The number of rotatable bonds is 5. The number of hydrogen-bond donors (Lipinski definition) is 1. The normalized spacial score (nSPS) is 15.1. The molecule has 2 aromatic carbocycles. The number of carbonyl (C=O) groups is 3. The summed E-state index contributed by atoms with van der Waals surface area (Å²) in [6.45, 7) is 2.47. The highest BCUT2D eigenvalue weighted by molar-refractivity contribution is 7.13. The molecule has 1 saturated heterocycles. The van der Waals surface area contributed by atoms with Gasteiger partial charge in [0.25, 0.3) is 17.7 Å². The molecule has 2 aliphatic rings. The maximum absolute atomic E-state index is 13.6. The first-order valence-corrected chi connectivity index (χ1v) is 14.0. The van der Waals surface area contributed by atoms with E-state index < -0.39 is 6.04 Å². The zero-order valence-corrected chi connectivity index (χ0v) is 22.8. The van der Waals surface area contributed by atoms with Crippen molar-refractivity contribution in [1.29, 1.82) is 0 Å². The molecule has 0 radical (unpaired) electrons. The van der Waals surface area contributed by atoms with Crippen LogP contribution in [0.2, 0.25) is 0 Å². The van der Waals surface area contributed by atoms with Crippen LogP contribution in [0.1, 0.15) is 49.1 Å². The van der Waals surface area contributed by atoms with Crippen LogP contribution in [0.4, 0.5) is 5.13 Å². The van der Waals surface area contributed by atoms with Gasteiger partial charge in [0.1, 0.15) is 11.7 Å². The van der Waals surface area contributed by atoms with Gasteiger partial charge in [0.05, 0.1) is 13.2 Å². The number of carbonyl (C=O) groups excluding carboxylic acids is 3. The van der Waals surface area contributed by atoms with Crippen LogP contribution in [-0.4, -0.2) is 63.8 Å². The predicted octanol–water partition coefficient (Wildman–Crippen LogP) is 3.75. The van der Waals surface area contributed by atoms with E-state index in [2.05, 4.69) is 27.1 Å². The molecule has 4 aromatic rings. The van der Waals surface area contributed by atoms with Crippen LogP contribution in [0.3, 0.4) is 0 Å². The summed E-state index contributed by atoms with van der Waals surface area (Å²) in [5.41, 5.74) is 3.75. The van der Waals surface area contributed by atoms with E-state index in [1.807, 2.05) is 42.5 Å². The number of thiazole rings is 1. The van der Waals surface area contributed by atoms with Gasteiger partial charge in [0, 0.05) is 54.1 Å². The second kappa shape index (κ2) is 11.7. The molecule has 10 heteroatoms. The van der Waals surface area contributed by atoms with Gasteiger partial charge in [-0.05, 0) is 35.4 Å². The monoisotopic (exact) mass is 563 g/mol. The highest BCUT2D eigenvalue weighted by Crippen LogP contribution is 2.33. The number of fused-ring (bicyclic) bond motifs is 1. The molecule has 2 aliphatic heterocycles. The summed E-state index contributed by atoms with van der Waals surface area (Å²) in [7, 11) is 0. The molecule has 1 atom stereocenters. The topological polar surface area (TPSA) is 105 Å². The summed E-state index contributed by atoms with van der Waals surface area (Å²) in [5.74, 6) is 5.47. The van der Waals surface area contributed by atoms with E-state index in [-0.39, 0.29) is 17.7 Å². The molecule has 41 heavy (non-hydrogen) atoms. The van der Waals surface area contributed by atoms with Crippen LogP contribution < -0.4 is 5.32 Å². The Hall–Kier alpha value is -4.85. The van der Waals surface area contributed by atoms with Crippen LogP contribution in [0.15, 0.2) is 78.4 Å². The fraction of sp³-hybridized carbons (Fsp3) is 0.194. The predicted molar refractivity (Wildman–Crippen MR) is 153 cm³/mol. The van der Waals surface area contributed by atoms with E-state index in [9.17, 15) is 14.4 Å². The summed E-state index contributed by atoms with van der Waals surface area (Å²) in [5, 5.41) is 5.10. The Labute approximate surface area is 240 Å².